The molecule has 0 saturated carbocycles. The summed E-state index contributed by atoms with van der Waals surface area (Å²) in [7, 11) is 0. The molecule has 4 rings (SSSR count). The van der Waals surface area contributed by atoms with E-state index < -0.39 is 0 Å². The van der Waals surface area contributed by atoms with Crippen molar-refractivity contribution in [2.24, 2.45) is 0 Å². The number of para-hydroxylation sites is 2. The average molecular weight is 339 g/mol. The zero-order valence-corrected chi connectivity index (χ0v) is 14.9. The van der Waals surface area contributed by atoms with Gasteiger partial charge in [0.05, 0.1) is 17.3 Å². The maximum absolute atomic E-state index is 9.91. The maximum Gasteiger partial charge on any atom is 0.102 e. The van der Waals surface area contributed by atoms with E-state index in [1.807, 2.05) is 36.4 Å². The van der Waals surface area contributed by atoms with Gasteiger partial charge >= 0.3 is 0 Å². The molecule has 2 aromatic carbocycles. The summed E-state index contributed by atoms with van der Waals surface area (Å²) in [5.74, 6) is -0.294. The molecule has 0 fully saturated rings. The van der Waals surface area contributed by atoms with Crippen LogP contribution in [0.4, 0.5) is 5.69 Å². The van der Waals surface area contributed by atoms with Crippen molar-refractivity contribution in [1.29, 1.82) is 5.26 Å². The van der Waals surface area contributed by atoms with Crippen LogP contribution in [0.3, 0.4) is 0 Å². The molecule has 1 atom stereocenters. The van der Waals surface area contributed by atoms with Gasteiger partial charge in [0.25, 0.3) is 0 Å². The molecule has 0 N–H and O–H groups in total. The largest absolute Gasteiger partial charge is 0.347 e. The lowest BCUT2D eigenvalue weighted by Gasteiger charge is -2.32. The zero-order valence-electron chi connectivity index (χ0n) is 14.9. The van der Waals surface area contributed by atoms with Crippen LogP contribution in [0.1, 0.15) is 36.9 Å². The molecule has 3 nitrogen and oxygen atoms in total. The first-order valence-electron chi connectivity index (χ1n) is 9.15. The number of benzene rings is 2. The van der Waals surface area contributed by atoms with Crippen LogP contribution in [0.5, 0.6) is 0 Å². The molecular weight excluding hydrogens is 318 g/mol. The van der Waals surface area contributed by atoms with Gasteiger partial charge in [0, 0.05) is 29.4 Å². The Balaban J connectivity index is 1.84. The van der Waals surface area contributed by atoms with E-state index in [9.17, 15) is 5.26 Å². The van der Waals surface area contributed by atoms with Crippen LogP contribution in [0.2, 0.25) is 0 Å². The molecule has 0 unspecified atom stereocenters. The normalized spacial score (nSPS) is 16.1. The second kappa shape index (κ2) is 7.01. The van der Waals surface area contributed by atoms with E-state index in [1.54, 1.807) is 0 Å². The van der Waals surface area contributed by atoms with Crippen LogP contribution in [0.15, 0.2) is 66.9 Å². The molecule has 0 spiro atoms. The predicted molar refractivity (Wildman–Crippen MR) is 107 cm³/mol. The highest BCUT2D eigenvalue weighted by molar-refractivity contribution is 5.85. The highest BCUT2D eigenvalue weighted by Crippen LogP contribution is 2.41. The van der Waals surface area contributed by atoms with Crippen LogP contribution in [-0.4, -0.2) is 11.5 Å². The Hall–Kier alpha value is -3.12. The SMILES string of the molecule is CCCCN1C=C(c2ccc3ccccc3n2)[C@H](C#N)c2ccccc21. The standard InChI is InChI=1S/C23H21N3/c1-2-3-14-26-16-20(19(15-24)18-9-5-7-11-23(18)26)22-13-12-17-8-4-6-10-21(17)25-22/h4-13,16,19H,2-3,14H2,1H3/t19-/m1/s1. The van der Waals surface area contributed by atoms with Crippen molar-refractivity contribution in [3.63, 3.8) is 0 Å². The summed E-state index contributed by atoms with van der Waals surface area (Å²) in [5, 5.41) is 11.0. The number of nitriles is 1. The van der Waals surface area contributed by atoms with Gasteiger partial charge < -0.3 is 4.90 Å². The Labute approximate surface area is 154 Å². The van der Waals surface area contributed by atoms with E-state index in [1.165, 1.54) is 0 Å². The van der Waals surface area contributed by atoms with Gasteiger partial charge in [-0.3, -0.25) is 0 Å². The van der Waals surface area contributed by atoms with Crippen molar-refractivity contribution < 1.29 is 0 Å². The van der Waals surface area contributed by atoms with Crippen molar-refractivity contribution in [3.8, 4) is 6.07 Å². The van der Waals surface area contributed by atoms with Crippen molar-refractivity contribution in [3.05, 3.63) is 78.1 Å². The molecule has 26 heavy (non-hydrogen) atoms. The highest BCUT2D eigenvalue weighted by atomic mass is 15.1. The van der Waals surface area contributed by atoms with Crippen molar-refractivity contribution in [1.82, 2.24) is 4.98 Å². The van der Waals surface area contributed by atoms with Gasteiger partial charge in [-0.25, -0.2) is 4.98 Å². The predicted octanol–water partition coefficient (Wildman–Crippen LogP) is 5.50. The number of hydrogen-bond acceptors (Lipinski definition) is 3. The number of hydrogen-bond donors (Lipinski definition) is 0. The third kappa shape index (κ3) is 2.84. The molecule has 0 radical (unpaired) electrons. The van der Waals surface area contributed by atoms with E-state index in [0.717, 1.165) is 52.8 Å². The summed E-state index contributed by atoms with van der Waals surface area (Å²) in [4.78, 5) is 7.12. The van der Waals surface area contributed by atoms with Crippen LogP contribution in [0, 0.1) is 11.3 Å². The Morgan fingerprint density at radius 1 is 1.04 bits per heavy atom. The number of anilines is 1. The zero-order chi connectivity index (χ0) is 17.9. The number of allylic oxidation sites excluding steroid dienone is 1. The molecule has 3 heteroatoms. The van der Waals surface area contributed by atoms with Gasteiger partial charge in [-0.1, -0.05) is 55.8 Å². The minimum absolute atomic E-state index is 0.294. The number of unbranched alkanes of at least 4 members (excludes halogenated alkanes) is 1. The topological polar surface area (TPSA) is 39.9 Å². The smallest absolute Gasteiger partial charge is 0.102 e. The number of nitrogens with zero attached hydrogens (tertiary/aromatic N) is 3. The first kappa shape index (κ1) is 16.4. The van der Waals surface area contributed by atoms with Crippen LogP contribution >= 0.6 is 0 Å². The number of rotatable bonds is 4. The second-order valence-electron chi connectivity index (χ2n) is 6.64. The van der Waals surface area contributed by atoms with Gasteiger partial charge in [-0.2, -0.15) is 5.26 Å². The van der Waals surface area contributed by atoms with Crippen molar-refractivity contribution in [2.75, 3.05) is 11.4 Å². The van der Waals surface area contributed by atoms with Gasteiger partial charge in [0.2, 0.25) is 0 Å². The monoisotopic (exact) mass is 339 g/mol. The summed E-state index contributed by atoms with van der Waals surface area (Å²) in [6.07, 6.45) is 4.38. The fraction of sp³-hybridized carbons (Fsp3) is 0.217. The minimum atomic E-state index is -0.294. The molecule has 0 aliphatic carbocycles. The molecule has 1 aliphatic heterocycles. The Morgan fingerprint density at radius 2 is 1.85 bits per heavy atom. The van der Waals surface area contributed by atoms with E-state index in [0.29, 0.717) is 0 Å². The average Bonchev–Trinajstić information content (AvgIpc) is 2.71. The summed E-state index contributed by atoms with van der Waals surface area (Å²) in [6, 6.07) is 22.9. The lowest BCUT2D eigenvalue weighted by molar-refractivity contribution is 0.774. The lowest BCUT2D eigenvalue weighted by atomic mass is 9.86. The second-order valence-corrected chi connectivity index (χ2v) is 6.64. The Kier molecular flexibility index (Phi) is 4.41. The first-order chi connectivity index (χ1) is 12.8. The molecule has 0 amide bonds. The molecule has 128 valence electrons. The summed E-state index contributed by atoms with van der Waals surface area (Å²) in [5.41, 5.74) is 5.02. The van der Waals surface area contributed by atoms with Gasteiger partial charge in [-0.15, -0.1) is 0 Å². The molecule has 1 aromatic heterocycles. The van der Waals surface area contributed by atoms with E-state index in [2.05, 4.69) is 48.4 Å². The van der Waals surface area contributed by atoms with E-state index in [-0.39, 0.29) is 5.92 Å². The van der Waals surface area contributed by atoms with Gasteiger partial charge in [-0.05, 0) is 30.2 Å². The number of fused-ring (bicyclic) bond motifs is 2. The van der Waals surface area contributed by atoms with Crippen LogP contribution in [-0.2, 0) is 0 Å². The van der Waals surface area contributed by atoms with Gasteiger partial charge in [0.15, 0.2) is 0 Å². The third-order valence-electron chi connectivity index (χ3n) is 4.94. The van der Waals surface area contributed by atoms with E-state index >= 15 is 0 Å². The summed E-state index contributed by atoms with van der Waals surface area (Å²) < 4.78 is 0. The van der Waals surface area contributed by atoms with Gasteiger partial charge in [0.1, 0.15) is 5.92 Å². The number of aromatic nitrogens is 1. The molecule has 3 aromatic rings. The minimum Gasteiger partial charge on any atom is -0.347 e. The molecule has 0 bridgehead atoms. The third-order valence-corrected chi connectivity index (χ3v) is 4.94. The lowest BCUT2D eigenvalue weighted by Crippen LogP contribution is -2.25. The van der Waals surface area contributed by atoms with Crippen LogP contribution in [0.25, 0.3) is 16.5 Å². The van der Waals surface area contributed by atoms with Crippen LogP contribution < -0.4 is 4.90 Å². The van der Waals surface area contributed by atoms with Crippen molar-refractivity contribution in [2.45, 2.75) is 25.7 Å². The Morgan fingerprint density at radius 3 is 2.69 bits per heavy atom. The maximum atomic E-state index is 9.91. The quantitative estimate of drug-likeness (QED) is 0.630. The number of pyridine rings is 1. The molecule has 1 aliphatic rings. The fourth-order valence-corrected chi connectivity index (χ4v) is 3.57. The fourth-order valence-electron chi connectivity index (χ4n) is 3.57. The molecular formula is C23H21N3. The first-order valence-corrected chi connectivity index (χ1v) is 9.15. The van der Waals surface area contributed by atoms with E-state index in [4.69, 9.17) is 4.98 Å². The molecule has 0 saturated heterocycles. The Bertz CT molecular complexity index is 1010. The molecule has 2 heterocycles. The summed E-state index contributed by atoms with van der Waals surface area (Å²) >= 11 is 0. The van der Waals surface area contributed by atoms with Crippen molar-refractivity contribution >= 4 is 22.2 Å². The highest BCUT2D eigenvalue weighted by Gasteiger charge is 2.28. The summed E-state index contributed by atoms with van der Waals surface area (Å²) in [6.45, 7) is 3.15.